The fourth-order valence-electron chi connectivity index (χ4n) is 3.39. The van der Waals surface area contributed by atoms with E-state index in [4.69, 9.17) is 44.4 Å². The monoisotopic (exact) mass is 567 g/mol. The number of nitrogens with zero attached hydrogens (tertiary/aromatic N) is 4. The van der Waals surface area contributed by atoms with Crippen molar-refractivity contribution in [3.8, 4) is 5.75 Å². The number of ether oxygens (including phenoxy) is 1. The molecule has 4 rings (SSSR count). The maximum atomic E-state index is 12.1. The molecule has 0 bridgehead atoms. The summed E-state index contributed by atoms with van der Waals surface area (Å²) in [7, 11) is 0. The molecule has 1 unspecified atom stereocenters. The van der Waals surface area contributed by atoms with Gasteiger partial charge in [0.25, 0.3) is 0 Å². The minimum absolute atomic E-state index is 0.0375. The molecule has 1 aliphatic heterocycles. The third-order valence-electron chi connectivity index (χ3n) is 5.09. The van der Waals surface area contributed by atoms with Crippen molar-refractivity contribution < 1.29 is 19.2 Å². The Bertz CT molecular complexity index is 1320. The van der Waals surface area contributed by atoms with Crippen LogP contribution < -0.4 is 10.2 Å². The highest BCUT2D eigenvalue weighted by Gasteiger charge is 2.28. The van der Waals surface area contributed by atoms with Crippen molar-refractivity contribution >= 4 is 64.0 Å². The van der Waals surface area contributed by atoms with E-state index in [2.05, 4.69) is 20.8 Å². The van der Waals surface area contributed by atoms with Gasteiger partial charge in [0.05, 0.1) is 11.6 Å². The van der Waals surface area contributed by atoms with Crippen LogP contribution in [-0.4, -0.2) is 43.9 Å². The summed E-state index contributed by atoms with van der Waals surface area (Å²) in [5.74, 6) is -0.564. The average Bonchev–Trinajstić information content (AvgIpc) is 3.50. The second-order valence-electron chi connectivity index (χ2n) is 7.45. The Morgan fingerprint density at radius 3 is 2.78 bits per heavy atom. The smallest absolute Gasteiger partial charge is 0.307 e. The zero-order valence-electron chi connectivity index (χ0n) is 18.9. The first-order valence-corrected chi connectivity index (χ1v) is 13.1. The summed E-state index contributed by atoms with van der Waals surface area (Å²) in [6, 6.07) is 12.6. The standard InChI is InChI=1S/C23H20Cl3N5O4S/c1-2-36-23-28-27-21(31(23)29-22(33)18(32)11-24)12-34-19-6-4-3-5-15(19)17-10-20(35-30-17)14-8-7-13(25)9-16(14)26/h3-9,20H,2,10-12H2,1H3,(H,29,33). The molecule has 1 atom stereocenters. The highest BCUT2D eigenvalue weighted by molar-refractivity contribution is 7.99. The number of carbonyl (C=O) groups excluding carboxylic acids is 2. The number of rotatable bonds is 10. The first-order chi connectivity index (χ1) is 17.4. The van der Waals surface area contributed by atoms with Crippen LogP contribution in [-0.2, 0) is 21.0 Å². The molecule has 188 valence electrons. The van der Waals surface area contributed by atoms with Crippen molar-refractivity contribution in [3.63, 3.8) is 0 Å². The van der Waals surface area contributed by atoms with Crippen molar-refractivity contribution in [3.05, 3.63) is 69.5 Å². The molecule has 2 aromatic carbocycles. The molecule has 0 radical (unpaired) electrons. The Morgan fingerprint density at radius 2 is 2.03 bits per heavy atom. The van der Waals surface area contributed by atoms with Gasteiger partial charge < -0.3 is 9.57 Å². The van der Waals surface area contributed by atoms with Gasteiger partial charge in [0, 0.05) is 27.6 Å². The maximum absolute atomic E-state index is 12.1. The largest absolute Gasteiger partial charge is 0.485 e. The van der Waals surface area contributed by atoms with Gasteiger partial charge in [-0.25, -0.2) is 4.68 Å². The number of hydrogen-bond acceptors (Lipinski definition) is 8. The van der Waals surface area contributed by atoms with Crippen LogP contribution in [0, 0.1) is 0 Å². The Kier molecular flexibility index (Phi) is 8.73. The van der Waals surface area contributed by atoms with Gasteiger partial charge in [-0.15, -0.1) is 21.8 Å². The second-order valence-corrected chi connectivity index (χ2v) is 9.79. The molecule has 0 spiro atoms. The van der Waals surface area contributed by atoms with E-state index >= 15 is 0 Å². The molecule has 0 saturated carbocycles. The van der Waals surface area contributed by atoms with Gasteiger partial charge in [0.15, 0.2) is 11.9 Å². The molecule has 9 nitrogen and oxygen atoms in total. The highest BCUT2D eigenvalue weighted by atomic mass is 35.5. The van der Waals surface area contributed by atoms with Crippen LogP contribution in [0.3, 0.4) is 0 Å². The van der Waals surface area contributed by atoms with Gasteiger partial charge in [-0.1, -0.05) is 65.2 Å². The maximum Gasteiger partial charge on any atom is 0.307 e. The number of thioether (sulfide) groups is 1. The molecule has 0 saturated heterocycles. The number of carbonyl (C=O) groups is 2. The van der Waals surface area contributed by atoms with Gasteiger partial charge in [-0.3, -0.25) is 15.0 Å². The Labute approximate surface area is 226 Å². The number of nitrogens with one attached hydrogen (secondary N) is 1. The molecule has 3 aromatic rings. The molecule has 36 heavy (non-hydrogen) atoms. The van der Waals surface area contributed by atoms with Gasteiger partial charge >= 0.3 is 5.91 Å². The molecule has 1 aliphatic rings. The van der Waals surface area contributed by atoms with E-state index in [0.717, 1.165) is 11.1 Å². The summed E-state index contributed by atoms with van der Waals surface area (Å²) in [5, 5.41) is 13.9. The van der Waals surface area contributed by atoms with Crippen LogP contribution in [0.2, 0.25) is 10.0 Å². The molecule has 0 fully saturated rings. The van der Waals surface area contributed by atoms with E-state index in [0.29, 0.717) is 44.7 Å². The number of oxime groups is 1. The lowest BCUT2D eigenvalue weighted by Gasteiger charge is -2.13. The normalized spacial score (nSPS) is 14.8. The number of ketones is 1. The van der Waals surface area contributed by atoms with E-state index in [1.807, 2.05) is 31.2 Å². The number of aromatic nitrogens is 3. The third kappa shape index (κ3) is 5.95. The minimum Gasteiger partial charge on any atom is -0.485 e. The van der Waals surface area contributed by atoms with Crippen LogP contribution in [0.15, 0.2) is 52.8 Å². The molecule has 0 aliphatic carbocycles. The lowest BCUT2D eigenvalue weighted by Crippen LogP contribution is -2.32. The molecule has 1 amide bonds. The summed E-state index contributed by atoms with van der Waals surface area (Å²) >= 11 is 19.2. The summed E-state index contributed by atoms with van der Waals surface area (Å²) in [4.78, 5) is 29.5. The van der Waals surface area contributed by atoms with E-state index in [1.54, 1.807) is 18.2 Å². The number of amides is 1. The van der Waals surface area contributed by atoms with E-state index in [9.17, 15) is 9.59 Å². The first-order valence-electron chi connectivity index (χ1n) is 10.8. The zero-order valence-corrected chi connectivity index (χ0v) is 22.0. The summed E-state index contributed by atoms with van der Waals surface area (Å²) in [6.45, 7) is 1.89. The van der Waals surface area contributed by atoms with Crippen molar-refractivity contribution in [2.24, 2.45) is 5.16 Å². The van der Waals surface area contributed by atoms with Crippen LogP contribution >= 0.6 is 46.6 Å². The Hall–Kier alpha value is -2.79. The quantitative estimate of drug-likeness (QED) is 0.208. The number of para-hydroxylation sites is 1. The van der Waals surface area contributed by atoms with Crippen LogP contribution in [0.4, 0.5) is 0 Å². The molecule has 2 heterocycles. The van der Waals surface area contributed by atoms with Crippen LogP contribution in [0.1, 0.15) is 36.4 Å². The van der Waals surface area contributed by atoms with E-state index in [-0.39, 0.29) is 12.7 Å². The lowest BCUT2D eigenvalue weighted by molar-refractivity contribution is -0.133. The fraction of sp³-hybridized carbons (Fsp3) is 0.261. The van der Waals surface area contributed by atoms with E-state index in [1.165, 1.54) is 16.4 Å². The molecule has 1 aromatic heterocycles. The van der Waals surface area contributed by atoms with Crippen molar-refractivity contribution in [1.29, 1.82) is 0 Å². The Balaban J connectivity index is 1.51. The molecular weight excluding hydrogens is 549 g/mol. The SMILES string of the molecule is CCSc1nnc(COc2ccccc2C2=NOC(c3ccc(Cl)cc3Cl)C2)n1NC(=O)C(=O)CCl. The number of halogens is 3. The topological polar surface area (TPSA) is 108 Å². The van der Waals surface area contributed by atoms with Crippen molar-refractivity contribution in [2.45, 2.75) is 31.2 Å². The average molecular weight is 569 g/mol. The number of Topliss-reactive ketones (excluding diaryl/α,β-unsaturated/α-hetero) is 1. The van der Waals surface area contributed by atoms with Gasteiger partial charge in [-0.05, 0) is 30.0 Å². The van der Waals surface area contributed by atoms with Gasteiger partial charge in [0.1, 0.15) is 12.4 Å². The zero-order chi connectivity index (χ0) is 25.7. The lowest BCUT2D eigenvalue weighted by atomic mass is 9.99. The fourth-order valence-corrected chi connectivity index (χ4v) is 4.68. The molecular formula is C23H20Cl3N5O4S. The second kappa shape index (κ2) is 12.0. The van der Waals surface area contributed by atoms with Crippen LogP contribution in [0.5, 0.6) is 5.75 Å². The number of hydrogen-bond donors (Lipinski definition) is 1. The van der Waals surface area contributed by atoms with Crippen LogP contribution in [0.25, 0.3) is 0 Å². The highest BCUT2D eigenvalue weighted by Crippen LogP contribution is 2.36. The third-order valence-corrected chi connectivity index (χ3v) is 6.71. The summed E-state index contributed by atoms with van der Waals surface area (Å²) < 4.78 is 7.37. The van der Waals surface area contributed by atoms with Crippen molar-refractivity contribution in [2.75, 3.05) is 17.1 Å². The van der Waals surface area contributed by atoms with Crippen molar-refractivity contribution in [1.82, 2.24) is 14.9 Å². The molecule has 1 N–H and O–H groups in total. The van der Waals surface area contributed by atoms with Gasteiger partial charge in [-0.2, -0.15) is 0 Å². The minimum atomic E-state index is -0.867. The Morgan fingerprint density at radius 1 is 1.22 bits per heavy atom. The van der Waals surface area contributed by atoms with Gasteiger partial charge in [0.2, 0.25) is 10.9 Å². The molecule has 13 heteroatoms. The number of alkyl halides is 1. The predicted molar refractivity (Wildman–Crippen MR) is 139 cm³/mol. The number of benzene rings is 2. The summed E-state index contributed by atoms with van der Waals surface area (Å²) in [5.41, 5.74) is 4.70. The summed E-state index contributed by atoms with van der Waals surface area (Å²) in [6.07, 6.45) is 0.121. The van der Waals surface area contributed by atoms with E-state index < -0.39 is 17.6 Å². The predicted octanol–water partition coefficient (Wildman–Crippen LogP) is 5.02. The first kappa shape index (κ1) is 26.3.